The number of rotatable bonds is 5. The van der Waals surface area contributed by atoms with Crippen molar-refractivity contribution in [1.82, 2.24) is 9.88 Å². The summed E-state index contributed by atoms with van der Waals surface area (Å²) in [5.41, 5.74) is -2.12. The third-order valence-corrected chi connectivity index (χ3v) is 3.75. The molecular formula is C13H15F3N2O5. The Hall–Kier alpha value is -2.10. The van der Waals surface area contributed by atoms with Crippen molar-refractivity contribution >= 4 is 11.9 Å². The zero-order valence-corrected chi connectivity index (χ0v) is 12.2. The SMILES string of the molecule is CC1(C(F)(F)F)CCN(C(=O)c2ncoc2COCC(=O)O)C1. The molecule has 1 N–H and O–H groups in total. The number of alkyl halides is 3. The first kappa shape index (κ1) is 17.3. The molecule has 0 aromatic carbocycles. The third-order valence-electron chi connectivity index (χ3n) is 3.75. The van der Waals surface area contributed by atoms with Gasteiger partial charge in [-0.1, -0.05) is 0 Å². The fourth-order valence-corrected chi connectivity index (χ4v) is 2.29. The number of aliphatic carboxylic acids is 1. The van der Waals surface area contributed by atoms with Gasteiger partial charge in [0, 0.05) is 13.1 Å². The van der Waals surface area contributed by atoms with Gasteiger partial charge in [-0.25, -0.2) is 9.78 Å². The number of halogens is 3. The molecule has 0 spiro atoms. The standard InChI is InChI=1S/C13H15F3N2O5/c1-12(13(14,15)16)2-3-18(6-12)11(21)10-8(23-7-17-10)4-22-5-9(19)20/h7H,2-6H2,1H3,(H,19,20). The predicted octanol–water partition coefficient (Wildman–Crippen LogP) is 1.69. The van der Waals surface area contributed by atoms with Crippen LogP contribution in [0.4, 0.5) is 13.2 Å². The lowest BCUT2D eigenvalue weighted by atomic mass is 9.89. The maximum atomic E-state index is 13.0. The second-order valence-electron chi connectivity index (χ2n) is 5.55. The quantitative estimate of drug-likeness (QED) is 0.879. The minimum atomic E-state index is -4.40. The topological polar surface area (TPSA) is 92.9 Å². The Morgan fingerprint density at radius 1 is 1.52 bits per heavy atom. The summed E-state index contributed by atoms with van der Waals surface area (Å²) in [6.07, 6.45) is -3.63. The Balaban J connectivity index is 2.05. The van der Waals surface area contributed by atoms with Gasteiger partial charge in [0.25, 0.3) is 5.91 Å². The normalized spacial score (nSPS) is 21.7. The second kappa shape index (κ2) is 6.19. The van der Waals surface area contributed by atoms with Gasteiger partial charge in [-0.3, -0.25) is 4.79 Å². The van der Waals surface area contributed by atoms with Gasteiger partial charge in [-0.2, -0.15) is 13.2 Å². The number of ether oxygens (including phenoxy) is 1. The first-order chi connectivity index (χ1) is 10.6. The lowest BCUT2D eigenvalue weighted by molar-refractivity contribution is -0.212. The van der Waals surface area contributed by atoms with E-state index in [-0.39, 0.29) is 31.0 Å². The number of amides is 1. The molecule has 1 aliphatic rings. The molecule has 2 heterocycles. The smallest absolute Gasteiger partial charge is 0.395 e. The molecule has 0 saturated carbocycles. The Morgan fingerprint density at radius 2 is 2.22 bits per heavy atom. The lowest BCUT2D eigenvalue weighted by Gasteiger charge is -2.27. The van der Waals surface area contributed by atoms with Crippen molar-refractivity contribution in [2.45, 2.75) is 26.1 Å². The highest BCUT2D eigenvalue weighted by Crippen LogP contribution is 2.45. The molecule has 1 saturated heterocycles. The summed E-state index contributed by atoms with van der Waals surface area (Å²) in [7, 11) is 0. The molecule has 1 aromatic rings. The van der Waals surface area contributed by atoms with Crippen LogP contribution in [0, 0.1) is 5.41 Å². The highest BCUT2D eigenvalue weighted by Gasteiger charge is 2.55. The highest BCUT2D eigenvalue weighted by molar-refractivity contribution is 5.93. The van der Waals surface area contributed by atoms with Crippen molar-refractivity contribution in [3.8, 4) is 0 Å². The summed E-state index contributed by atoms with van der Waals surface area (Å²) in [6, 6.07) is 0. The van der Waals surface area contributed by atoms with E-state index in [0.29, 0.717) is 0 Å². The van der Waals surface area contributed by atoms with Crippen molar-refractivity contribution in [1.29, 1.82) is 0 Å². The number of hydrogen-bond donors (Lipinski definition) is 1. The van der Waals surface area contributed by atoms with Crippen molar-refractivity contribution in [2.24, 2.45) is 5.41 Å². The van der Waals surface area contributed by atoms with Crippen molar-refractivity contribution < 1.29 is 37.0 Å². The van der Waals surface area contributed by atoms with Crippen LogP contribution in [-0.4, -0.2) is 52.7 Å². The summed E-state index contributed by atoms with van der Waals surface area (Å²) >= 11 is 0. The number of carbonyl (C=O) groups excluding carboxylic acids is 1. The van der Waals surface area contributed by atoms with Gasteiger partial charge in [0.2, 0.25) is 0 Å². The number of nitrogens with zero attached hydrogens (tertiary/aromatic N) is 2. The molecule has 0 aliphatic carbocycles. The van der Waals surface area contributed by atoms with Crippen LogP contribution in [0.15, 0.2) is 10.8 Å². The lowest BCUT2D eigenvalue weighted by Crippen LogP contribution is -2.39. The number of oxazole rings is 1. The Morgan fingerprint density at radius 3 is 2.78 bits per heavy atom. The Kier molecular flexibility index (Phi) is 4.64. The molecule has 1 aromatic heterocycles. The summed E-state index contributed by atoms with van der Waals surface area (Å²) < 4.78 is 48.7. The molecule has 128 valence electrons. The van der Waals surface area contributed by atoms with E-state index in [0.717, 1.165) is 18.2 Å². The van der Waals surface area contributed by atoms with E-state index in [1.807, 2.05) is 0 Å². The number of likely N-dealkylation sites (tertiary alicyclic amines) is 1. The molecule has 1 amide bonds. The van der Waals surface area contributed by atoms with Gasteiger partial charge in [-0.15, -0.1) is 0 Å². The minimum absolute atomic E-state index is 0.0168. The van der Waals surface area contributed by atoms with Crippen molar-refractivity contribution in [3.63, 3.8) is 0 Å². The van der Waals surface area contributed by atoms with E-state index in [1.54, 1.807) is 0 Å². The van der Waals surface area contributed by atoms with Crippen LogP contribution in [0.3, 0.4) is 0 Å². The summed E-state index contributed by atoms with van der Waals surface area (Å²) in [6.45, 7) is -0.337. The average molecular weight is 336 g/mol. The molecule has 0 bridgehead atoms. The fraction of sp³-hybridized carbons (Fsp3) is 0.615. The number of hydrogen-bond acceptors (Lipinski definition) is 5. The van der Waals surface area contributed by atoms with E-state index in [1.165, 1.54) is 0 Å². The van der Waals surface area contributed by atoms with Crippen LogP contribution in [0.25, 0.3) is 0 Å². The van der Waals surface area contributed by atoms with E-state index in [2.05, 4.69) is 4.98 Å². The average Bonchev–Trinajstić information content (AvgIpc) is 3.04. The zero-order chi connectivity index (χ0) is 17.3. The van der Waals surface area contributed by atoms with Crippen LogP contribution >= 0.6 is 0 Å². The molecule has 23 heavy (non-hydrogen) atoms. The molecule has 0 radical (unpaired) electrons. The summed E-state index contributed by atoms with van der Waals surface area (Å²) in [5.74, 6) is -1.91. The van der Waals surface area contributed by atoms with Crippen LogP contribution in [-0.2, 0) is 16.1 Å². The number of aromatic nitrogens is 1. The van der Waals surface area contributed by atoms with Gasteiger partial charge < -0.3 is 19.2 Å². The summed E-state index contributed by atoms with van der Waals surface area (Å²) in [4.78, 5) is 27.4. The van der Waals surface area contributed by atoms with E-state index in [4.69, 9.17) is 14.3 Å². The third kappa shape index (κ3) is 3.63. The van der Waals surface area contributed by atoms with E-state index >= 15 is 0 Å². The monoisotopic (exact) mass is 336 g/mol. The molecule has 1 atom stereocenters. The minimum Gasteiger partial charge on any atom is -0.480 e. The van der Waals surface area contributed by atoms with Crippen LogP contribution in [0.2, 0.25) is 0 Å². The molecule has 2 rings (SSSR count). The maximum absolute atomic E-state index is 13.0. The highest BCUT2D eigenvalue weighted by atomic mass is 19.4. The fourth-order valence-electron chi connectivity index (χ4n) is 2.29. The predicted molar refractivity (Wildman–Crippen MR) is 68.5 cm³/mol. The molecule has 1 aliphatic heterocycles. The number of carboxylic acid groups (broad SMARTS) is 1. The Labute approximate surface area is 129 Å². The van der Waals surface area contributed by atoms with Crippen molar-refractivity contribution in [2.75, 3.05) is 19.7 Å². The van der Waals surface area contributed by atoms with Gasteiger partial charge >= 0.3 is 12.1 Å². The first-order valence-corrected chi connectivity index (χ1v) is 6.72. The second-order valence-corrected chi connectivity index (χ2v) is 5.55. The van der Waals surface area contributed by atoms with Gasteiger partial charge in [-0.05, 0) is 13.3 Å². The van der Waals surface area contributed by atoms with Crippen LogP contribution in [0.5, 0.6) is 0 Å². The molecule has 7 nitrogen and oxygen atoms in total. The summed E-state index contributed by atoms with van der Waals surface area (Å²) in [5, 5.41) is 8.47. The van der Waals surface area contributed by atoms with Crippen LogP contribution < -0.4 is 0 Å². The number of carbonyl (C=O) groups is 2. The first-order valence-electron chi connectivity index (χ1n) is 6.72. The van der Waals surface area contributed by atoms with Gasteiger partial charge in [0.05, 0.1) is 5.41 Å². The van der Waals surface area contributed by atoms with Crippen LogP contribution in [0.1, 0.15) is 29.6 Å². The zero-order valence-electron chi connectivity index (χ0n) is 12.2. The molecule has 1 fully saturated rings. The van der Waals surface area contributed by atoms with E-state index in [9.17, 15) is 22.8 Å². The number of carboxylic acids is 1. The van der Waals surface area contributed by atoms with Gasteiger partial charge in [0.1, 0.15) is 13.2 Å². The maximum Gasteiger partial charge on any atom is 0.395 e. The van der Waals surface area contributed by atoms with E-state index < -0.39 is 36.6 Å². The molecular weight excluding hydrogens is 321 g/mol. The molecule has 10 heteroatoms. The largest absolute Gasteiger partial charge is 0.480 e. The van der Waals surface area contributed by atoms with Crippen molar-refractivity contribution in [3.05, 3.63) is 17.8 Å². The molecule has 1 unspecified atom stereocenters. The van der Waals surface area contributed by atoms with Gasteiger partial charge in [0.15, 0.2) is 17.8 Å². The Bertz CT molecular complexity index is 601.